The smallest absolute Gasteiger partial charge is 0.254 e. The van der Waals surface area contributed by atoms with Crippen LogP contribution in [0.15, 0.2) is 36.7 Å². The van der Waals surface area contributed by atoms with Gasteiger partial charge in [0.05, 0.1) is 11.8 Å². The summed E-state index contributed by atoms with van der Waals surface area (Å²) in [5.41, 5.74) is 3.03. The minimum Gasteiger partial charge on any atom is -0.352 e. The van der Waals surface area contributed by atoms with Crippen LogP contribution in [0.1, 0.15) is 40.7 Å². The second-order valence-corrected chi connectivity index (χ2v) is 7.42. The van der Waals surface area contributed by atoms with Gasteiger partial charge in [-0.1, -0.05) is 29.8 Å². The van der Waals surface area contributed by atoms with Gasteiger partial charge in [0.15, 0.2) is 0 Å². The van der Waals surface area contributed by atoms with Crippen molar-refractivity contribution >= 4 is 11.8 Å². The predicted molar refractivity (Wildman–Crippen MR) is 104 cm³/mol. The number of piperidine rings is 1. The number of likely N-dealkylation sites (tertiary alicyclic amines) is 1. The van der Waals surface area contributed by atoms with Gasteiger partial charge in [-0.2, -0.15) is 5.10 Å². The van der Waals surface area contributed by atoms with Crippen LogP contribution in [0.3, 0.4) is 0 Å². The summed E-state index contributed by atoms with van der Waals surface area (Å²) < 4.78 is 1.62. The van der Waals surface area contributed by atoms with Gasteiger partial charge in [0.2, 0.25) is 5.91 Å². The Morgan fingerprint density at radius 3 is 2.52 bits per heavy atom. The molecular formula is C21H28N4O2. The zero-order chi connectivity index (χ0) is 19.2. The number of aryl methyl sites for hydroxylation is 3. The van der Waals surface area contributed by atoms with E-state index in [-0.39, 0.29) is 11.8 Å². The highest BCUT2D eigenvalue weighted by atomic mass is 16.2. The molecule has 1 aromatic carbocycles. The molecule has 0 aliphatic carbocycles. The van der Waals surface area contributed by atoms with Crippen molar-refractivity contribution in [3.8, 4) is 0 Å². The largest absolute Gasteiger partial charge is 0.352 e. The Balaban J connectivity index is 1.37. The molecule has 2 heterocycles. The van der Waals surface area contributed by atoms with Crippen LogP contribution < -0.4 is 5.32 Å². The number of nitrogens with zero attached hydrogens (tertiary/aromatic N) is 3. The first kappa shape index (κ1) is 19.1. The first-order chi connectivity index (χ1) is 13.0. The molecule has 0 unspecified atom stereocenters. The lowest BCUT2D eigenvalue weighted by molar-refractivity contribution is -0.132. The molecule has 0 saturated carbocycles. The highest BCUT2D eigenvalue weighted by molar-refractivity contribution is 5.93. The summed E-state index contributed by atoms with van der Waals surface area (Å²) in [6.45, 7) is 4.28. The number of aromatic nitrogens is 2. The van der Waals surface area contributed by atoms with Gasteiger partial charge in [-0.15, -0.1) is 0 Å². The van der Waals surface area contributed by atoms with Gasteiger partial charge < -0.3 is 10.2 Å². The standard InChI is InChI=1S/C21H28N4O2/c1-16-3-5-17(6-4-16)7-8-20(26)25-11-9-18(10-12-25)13-22-21(27)19-14-23-24(2)15-19/h3-6,14-15,18H,7-13H2,1-2H3,(H,22,27). The average molecular weight is 368 g/mol. The lowest BCUT2D eigenvalue weighted by Crippen LogP contribution is -2.41. The van der Waals surface area contributed by atoms with Crippen molar-refractivity contribution in [2.24, 2.45) is 13.0 Å². The van der Waals surface area contributed by atoms with E-state index in [1.165, 1.54) is 11.1 Å². The number of benzene rings is 1. The quantitative estimate of drug-likeness (QED) is 0.851. The van der Waals surface area contributed by atoms with E-state index in [0.717, 1.165) is 32.4 Å². The summed E-state index contributed by atoms with van der Waals surface area (Å²) in [5.74, 6) is 0.569. The summed E-state index contributed by atoms with van der Waals surface area (Å²) in [4.78, 5) is 26.5. The van der Waals surface area contributed by atoms with Crippen LogP contribution in [-0.2, 0) is 18.3 Å². The van der Waals surface area contributed by atoms with E-state index in [1.807, 2.05) is 4.90 Å². The normalized spacial score (nSPS) is 15.0. The fourth-order valence-corrected chi connectivity index (χ4v) is 3.43. The van der Waals surface area contributed by atoms with Crippen LogP contribution in [0.2, 0.25) is 0 Å². The van der Waals surface area contributed by atoms with Crippen LogP contribution in [0, 0.1) is 12.8 Å². The number of rotatable bonds is 6. The molecule has 0 spiro atoms. The summed E-state index contributed by atoms with van der Waals surface area (Å²) in [5, 5.41) is 7.00. The van der Waals surface area contributed by atoms with Crippen LogP contribution in [0.4, 0.5) is 0 Å². The summed E-state index contributed by atoms with van der Waals surface area (Å²) in [6, 6.07) is 8.37. The van der Waals surface area contributed by atoms with Crippen molar-refractivity contribution in [1.29, 1.82) is 0 Å². The second-order valence-electron chi connectivity index (χ2n) is 7.42. The van der Waals surface area contributed by atoms with E-state index in [0.29, 0.717) is 24.4 Å². The van der Waals surface area contributed by atoms with Crippen LogP contribution >= 0.6 is 0 Å². The molecule has 0 radical (unpaired) electrons. The van der Waals surface area contributed by atoms with Crippen LogP contribution in [-0.4, -0.2) is 46.1 Å². The van der Waals surface area contributed by atoms with E-state index < -0.39 is 0 Å². The number of nitrogens with one attached hydrogen (secondary N) is 1. The van der Waals surface area contributed by atoms with Gasteiger partial charge in [-0.05, 0) is 37.7 Å². The Morgan fingerprint density at radius 1 is 1.19 bits per heavy atom. The minimum atomic E-state index is -0.0836. The molecule has 2 amide bonds. The summed E-state index contributed by atoms with van der Waals surface area (Å²) in [6.07, 6.45) is 6.51. The molecule has 1 aliphatic heterocycles. The van der Waals surface area contributed by atoms with Gasteiger partial charge >= 0.3 is 0 Å². The molecule has 6 heteroatoms. The SMILES string of the molecule is Cc1ccc(CCC(=O)N2CCC(CNC(=O)c3cnn(C)c3)CC2)cc1. The minimum absolute atomic E-state index is 0.0836. The molecule has 2 aromatic rings. The molecule has 1 saturated heterocycles. The first-order valence-electron chi connectivity index (χ1n) is 9.61. The first-order valence-corrected chi connectivity index (χ1v) is 9.61. The molecule has 1 fully saturated rings. The van der Waals surface area contributed by atoms with Crippen molar-refractivity contribution in [1.82, 2.24) is 20.0 Å². The van der Waals surface area contributed by atoms with Gasteiger partial charge in [0.1, 0.15) is 0 Å². The van der Waals surface area contributed by atoms with Gasteiger partial charge in [0.25, 0.3) is 5.91 Å². The molecule has 144 valence electrons. The van der Waals surface area contributed by atoms with E-state index in [4.69, 9.17) is 0 Å². The third-order valence-electron chi connectivity index (χ3n) is 5.23. The summed E-state index contributed by atoms with van der Waals surface area (Å²) in [7, 11) is 1.79. The number of hydrogen-bond donors (Lipinski definition) is 1. The third-order valence-corrected chi connectivity index (χ3v) is 5.23. The molecule has 1 N–H and O–H groups in total. The van der Waals surface area contributed by atoms with Crippen molar-refractivity contribution in [2.45, 2.75) is 32.6 Å². The van der Waals surface area contributed by atoms with Crippen molar-refractivity contribution < 1.29 is 9.59 Å². The molecule has 0 atom stereocenters. The van der Waals surface area contributed by atoms with Crippen molar-refractivity contribution in [3.63, 3.8) is 0 Å². The lowest BCUT2D eigenvalue weighted by Gasteiger charge is -2.32. The van der Waals surface area contributed by atoms with Crippen molar-refractivity contribution in [3.05, 3.63) is 53.3 Å². The Morgan fingerprint density at radius 2 is 1.89 bits per heavy atom. The Kier molecular flexibility index (Phi) is 6.27. The van der Waals surface area contributed by atoms with Gasteiger partial charge in [-0.25, -0.2) is 0 Å². The second kappa shape index (κ2) is 8.84. The molecule has 3 rings (SSSR count). The monoisotopic (exact) mass is 368 g/mol. The molecule has 27 heavy (non-hydrogen) atoms. The number of carbonyl (C=O) groups excluding carboxylic acids is 2. The number of carbonyl (C=O) groups is 2. The average Bonchev–Trinajstić information content (AvgIpc) is 3.12. The van der Waals surface area contributed by atoms with E-state index in [1.54, 1.807) is 24.1 Å². The Labute approximate surface area is 160 Å². The zero-order valence-corrected chi connectivity index (χ0v) is 16.1. The molecular weight excluding hydrogens is 340 g/mol. The maximum Gasteiger partial charge on any atom is 0.254 e. The number of hydrogen-bond acceptors (Lipinski definition) is 3. The van der Waals surface area contributed by atoms with Gasteiger partial charge in [0, 0.05) is 39.3 Å². The van der Waals surface area contributed by atoms with Gasteiger partial charge in [-0.3, -0.25) is 14.3 Å². The summed E-state index contributed by atoms with van der Waals surface area (Å²) >= 11 is 0. The maximum atomic E-state index is 12.4. The van der Waals surface area contributed by atoms with Crippen LogP contribution in [0.25, 0.3) is 0 Å². The van der Waals surface area contributed by atoms with Crippen LogP contribution in [0.5, 0.6) is 0 Å². The fourth-order valence-electron chi connectivity index (χ4n) is 3.43. The van der Waals surface area contributed by atoms with Crippen molar-refractivity contribution in [2.75, 3.05) is 19.6 Å². The van der Waals surface area contributed by atoms with E-state index >= 15 is 0 Å². The molecule has 0 bridgehead atoms. The third kappa shape index (κ3) is 5.42. The van der Waals surface area contributed by atoms with E-state index in [9.17, 15) is 9.59 Å². The lowest BCUT2D eigenvalue weighted by atomic mass is 9.96. The number of amides is 2. The zero-order valence-electron chi connectivity index (χ0n) is 16.1. The molecule has 6 nitrogen and oxygen atoms in total. The molecule has 1 aliphatic rings. The Hall–Kier alpha value is -2.63. The topological polar surface area (TPSA) is 67.2 Å². The highest BCUT2D eigenvalue weighted by Gasteiger charge is 2.23. The highest BCUT2D eigenvalue weighted by Crippen LogP contribution is 2.18. The molecule has 1 aromatic heterocycles. The maximum absolute atomic E-state index is 12.4. The fraction of sp³-hybridized carbons (Fsp3) is 0.476. The van der Waals surface area contributed by atoms with E-state index in [2.05, 4.69) is 41.6 Å². The Bertz CT molecular complexity index is 774. The predicted octanol–water partition coefficient (Wildman–Crippen LogP) is 2.33.